The van der Waals surface area contributed by atoms with E-state index in [9.17, 15) is 9.59 Å². The molecule has 2 rings (SSSR count). The minimum Gasteiger partial charge on any atom is -0.493 e. The van der Waals surface area contributed by atoms with Crippen molar-refractivity contribution in [3.05, 3.63) is 35.0 Å². The van der Waals surface area contributed by atoms with Gasteiger partial charge in [0.1, 0.15) is 6.61 Å². The molecule has 1 aromatic rings. The number of amides is 2. The van der Waals surface area contributed by atoms with Crippen molar-refractivity contribution in [3.8, 4) is 23.8 Å². The third-order valence-electron chi connectivity index (χ3n) is 3.51. The molecule has 0 aliphatic carbocycles. The number of hydrogen-bond acceptors (Lipinski definition) is 5. The number of nitrogens with one attached hydrogen (secondary N) is 2. The zero-order valence-corrected chi connectivity index (χ0v) is 13.6. The molecule has 2 amide bonds. The standard InChI is InChI=1S/C17H18N2O5/c1-5-8-24-12-7-6-11(9-13(12)22-3)15-14(16(20)23-4)10(2)18-17(21)19-15/h1,6-7,9,15H,8H2,2-4H3,(H2,18,19,21)/t15-/m1/s1. The first-order valence-electron chi connectivity index (χ1n) is 7.12. The van der Waals surface area contributed by atoms with Gasteiger partial charge in [-0.25, -0.2) is 9.59 Å². The molecule has 0 radical (unpaired) electrons. The minimum absolute atomic E-state index is 0.103. The zero-order valence-electron chi connectivity index (χ0n) is 13.6. The molecule has 2 N–H and O–H groups in total. The molecular formula is C17H18N2O5. The number of ether oxygens (including phenoxy) is 3. The van der Waals surface area contributed by atoms with Crippen LogP contribution in [0, 0.1) is 12.3 Å². The lowest BCUT2D eigenvalue weighted by Gasteiger charge is -2.28. The quantitative estimate of drug-likeness (QED) is 0.631. The summed E-state index contributed by atoms with van der Waals surface area (Å²) in [5.74, 6) is 2.76. The number of benzene rings is 1. The molecule has 24 heavy (non-hydrogen) atoms. The van der Waals surface area contributed by atoms with Crippen LogP contribution in [0.1, 0.15) is 18.5 Å². The number of methoxy groups -OCH3 is 2. The first-order chi connectivity index (χ1) is 11.5. The van der Waals surface area contributed by atoms with E-state index in [0.717, 1.165) is 0 Å². The van der Waals surface area contributed by atoms with Gasteiger partial charge in [-0.2, -0.15) is 0 Å². The van der Waals surface area contributed by atoms with Crippen LogP contribution in [0.5, 0.6) is 11.5 Å². The van der Waals surface area contributed by atoms with E-state index in [1.165, 1.54) is 14.2 Å². The molecule has 1 atom stereocenters. The van der Waals surface area contributed by atoms with Crippen LogP contribution in [0.25, 0.3) is 0 Å². The highest BCUT2D eigenvalue weighted by Crippen LogP contribution is 2.34. The van der Waals surface area contributed by atoms with Gasteiger partial charge < -0.3 is 24.8 Å². The predicted octanol–water partition coefficient (Wildman–Crippen LogP) is 1.51. The molecule has 0 unspecified atom stereocenters. The number of rotatable bonds is 5. The van der Waals surface area contributed by atoms with E-state index in [2.05, 4.69) is 16.6 Å². The Kier molecular flexibility index (Phi) is 5.32. The maximum Gasteiger partial charge on any atom is 0.337 e. The van der Waals surface area contributed by atoms with E-state index in [-0.39, 0.29) is 6.61 Å². The summed E-state index contributed by atoms with van der Waals surface area (Å²) in [5.41, 5.74) is 1.40. The van der Waals surface area contributed by atoms with Gasteiger partial charge in [0, 0.05) is 5.70 Å². The minimum atomic E-state index is -0.665. The lowest BCUT2D eigenvalue weighted by molar-refractivity contribution is -0.136. The molecule has 126 valence electrons. The first-order valence-corrected chi connectivity index (χ1v) is 7.12. The van der Waals surface area contributed by atoms with E-state index in [4.69, 9.17) is 20.6 Å². The fraction of sp³-hybridized carbons (Fsp3) is 0.294. The number of hydrogen-bond donors (Lipinski definition) is 2. The Labute approximate surface area is 140 Å². The molecule has 1 heterocycles. The second kappa shape index (κ2) is 7.42. The first kappa shape index (κ1) is 17.2. The number of allylic oxidation sites excluding steroid dienone is 1. The number of terminal acetylenes is 1. The lowest BCUT2D eigenvalue weighted by atomic mass is 9.95. The summed E-state index contributed by atoms with van der Waals surface area (Å²) in [7, 11) is 2.78. The van der Waals surface area contributed by atoms with Crippen LogP contribution in [-0.2, 0) is 9.53 Å². The van der Waals surface area contributed by atoms with E-state index in [1.54, 1.807) is 25.1 Å². The monoisotopic (exact) mass is 330 g/mol. The maximum absolute atomic E-state index is 12.1. The molecule has 0 fully saturated rings. The van der Waals surface area contributed by atoms with Crippen LogP contribution in [-0.4, -0.2) is 32.8 Å². The summed E-state index contributed by atoms with van der Waals surface area (Å²) in [6.07, 6.45) is 5.18. The summed E-state index contributed by atoms with van der Waals surface area (Å²) in [6, 6.07) is 4.00. The Balaban J connectivity index is 2.45. The second-order valence-corrected chi connectivity index (χ2v) is 4.96. The van der Waals surface area contributed by atoms with Crippen molar-refractivity contribution in [2.24, 2.45) is 0 Å². The van der Waals surface area contributed by atoms with Gasteiger partial charge in [-0.05, 0) is 24.6 Å². The van der Waals surface area contributed by atoms with Crippen molar-refractivity contribution < 1.29 is 23.8 Å². The Morgan fingerprint density at radius 2 is 2.08 bits per heavy atom. The topological polar surface area (TPSA) is 85.9 Å². The summed E-state index contributed by atoms with van der Waals surface area (Å²) in [6.45, 7) is 1.74. The fourth-order valence-corrected chi connectivity index (χ4v) is 2.43. The normalized spacial score (nSPS) is 16.6. The van der Waals surface area contributed by atoms with Gasteiger partial charge in [0.25, 0.3) is 0 Å². The van der Waals surface area contributed by atoms with Crippen LogP contribution >= 0.6 is 0 Å². The van der Waals surface area contributed by atoms with Gasteiger partial charge in [0.15, 0.2) is 11.5 Å². The highest BCUT2D eigenvalue weighted by Gasteiger charge is 2.32. The third-order valence-corrected chi connectivity index (χ3v) is 3.51. The average molecular weight is 330 g/mol. The van der Waals surface area contributed by atoms with Crippen molar-refractivity contribution in [1.82, 2.24) is 10.6 Å². The molecule has 0 bridgehead atoms. The van der Waals surface area contributed by atoms with Crippen molar-refractivity contribution in [3.63, 3.8) is 0 Å². The Bertz CT molecular complexity index is 733. The van der Waals surface area contributed by atoms with Crippen LogP contribution < -0.4 is 20.1 Å². The van der Waals surface area contributed by atoms with Crippen LogP contribution in [0.3, 0.4) is 0 Å². The lowest BCUT2D eigenvalue weighted by Crippen LogP contribution is -2.45. The van der Waals surface area contributed by atoms with Crippen molar-refractivity contribution in [1.29, 1.82) is 0 Å². The molecule has 0 aromatic heterocycles. The molecule has 1 aliphatic heterocycles. The van der Waals surface area contributed by atoms with Crippen molar-refractivity contribution in [2.45, 2.75) is 13.0 Å². The smallest absolute Gasteiger partial charge is 0.337 e. The van der Waals surface area contributed by atoms with Gasteiger partial charge in [0.2, 0.25) is 0 Å². The number of esters is 1. The van der Waals surface area contributed by atoms with Gasteiger partial charge in [-0.3, -0.25) is 0 Å². The molecule has 0 spiro atoms. The SMILES string of the molecule is C#CCOc1ccc([C@H]2NC(=O)NC(C)=C2C(=O)OC)cc1OC. The summed E-state index contributed by atoms with van der Waals surface area (Å²) < 4.78 is 15.5. The average Bonchev–Trinajstić information content (AvgIpc) is 2.58. The van der Waals surface area contributed by atoms with Gasteiger partial charge in [0.05, 0.1) is 25.8 Å². The highest BCUT2D eigenvalue weighted by atomic mass is 16.5. The van der Waals surface area contributed by atoms with Gasteiger partial charge in [-0.1, -0.05) is 12.0 Å². The summed E-state index contributed by atoms with van der Waals surface area (Å²) in [4.78, 5) is 23.9. The summed E-state index contributed by atoms with van der Waals surface area (Å²) >= 11 is 0. The number of urea groups is 1. The molecule has 1 aliphatic rings. The van der Waals surface area contributed by atoms with Crippen LogP contribution in [0.4, 0.5) is 4.79 Å². The van der Waals surface area contributed by atoms with Crippen LogP contribution in [0.2, 0.25) is 0 Å². The molecule has 0 saturated heterocycles. The fourth-order valence-electron chi connectivity index (χ4n) is 2.43. The Morgan fingerprint density at radius 1 is 1.33 bits per heavy atom. The summed E-state index contributed by atoms with van der Waals surface area (Å²) in [5, 5.41) is 5.27. The molecule has 7 nitrogen and oxygen atoms in total. The molecule has 7 heteroatoms. The molecular weight excluding hydrogens is 312 g/mol. The van der Waals surface area contributed by atoms with Crippen LogP contribution in [0.15, 0.2) is 29.5 Å². The maximum atomic E-state index is 12.1. The van der Waals surface area contributed by atoms with Gasteiger partial charge in [-0.15, -0.1) is 6.42 Å². The largest absolute Gasteiger partial charge is 0.493 e. The number of carbonyl (C=O) groups excluding carboxylic acids is 2. The van der Waals surface area contributed by atoms with E-state index < -0.39 is 18.0 Å². The van der Waals surface area contributed by atoms with E-state index in [0.29, 0.717) is 28.3 Å². The van der Waals surface area contributed by atoms with Crippen molar-refractivity contribution >= 4 is 12.0 Å². The second-order valence-electron chi connectivity index (χ2n) is 4.96. The van der Waals surface area contributed by atoms with E-state index >= 15 is 0 Å². The third kappa shape index (κ3) is 3.43. The predicted molar refractivity (Wildman–Crippen MR) is 86.4 cm³/mol. The van der Waals surface area contributed by atoms with E-state index in [1.807, 2.05) is 0 Å². The van der Waals surface area contributed by atoms with Crippen molar-refractivity contribution in [2.75, 3.05) is 20.8 Å². The zero-order chi connectivity index (χ0) is 17.7. The molecule has 1 aromatic carbocycles. The Morgan fingerprint density at radius 3 is 2.71 bits per heavy atom. The molecule has 0 saturated carbocycles. The van der Waals surface area contributed by atoms with Gasteiger partial charge >= 0.3 is 12.0 Å². The number of carbonyl (C=O) groups is 2. The highest BCUT2D eigenvalue weighted by molar-refractivity contribution is 5.94. The Hall–Kier alpha value is -3.14.